The van der Waals surface area contributed by atoms with Crippen LogP contribution in [-0.4, -0.2) is 23.9 Å². The third-order valence-electron chi connectivity index (χ3n) is 2.66. The molecule has 0 spiro atoms. The van der Waals surface area contributed by atoms with Gasteiger partial charge in [0.25, 0.3) is 0 Å². The van der Waals surface area contributed by atoms with Crippen molar-refractivity contribution in [1.82, 2.24) is 10.2 Å². The monoisotopic (exact) mass is 262 g/mol. The Bertz CT molecular complexity index is 525. The first-order valence-electron chi connectivity index (χ1n) is 6.13. The Hall–Kier alpha value is -1.92. The van der Waals surface area contributed by atoms with E-state index in [0.717, 1.165) is 17.7 Å². The molecule has 0 radical (unpaired) electrons. The number of nitrogens with one attached hydrogen (secondary N) is 1. The van der Waals surface area contributed by atoms with Crippen molar-refractivity contribution in [3.05, 3.63) is 35.7 Å². The smallest absolute Gasteiger partial charge is 0.320 e. The van der Waals surface area contributed by atoms with E-state index in [1.807, 2.05) is 24.3 Å². The van der Waals surface area contributed by atoms with Crippen LogP contribution in [0.3, 0.4) is 0 Å². The van der Waals surface area contributed by atoms with E-state index in [9.17, 15) is 0 Å². The molecular formula is C13H18N4O2. The van der Waals surface area contributed by atoms with E-state index >= 15 is 0 Å². The molecule has 0 aliphatic carbocycles. The third-order valence-corrected chi connectivity index (χ3v) is 2.66. The molecule has 6 nitrogen and oxygen atoms in total. The van der Waals surface area contributed by atoms with Gasteiger partial charge in [0.15, 0.2) is 0 Å². The lowest BCUT2D eigenvalue weighted by atomic mass is 10.1. The first-order valence-corrected chi connectivity index (χ1v) is 6.13. The quantitative estimate of drug-likeness (QED) is 0.828. The third kappa shape index (κ3) is 3.52. The summed E-state index contributed by atoms with van der Waals surface area (Å²) in [7, 11) is 1.68. The zero-order valence-corrected chi connectivity index (χ0v) is 11.1. The van der Waals surface area contributed by atoms with Gasteiger partial charge in [-0.15, -0.1) is 5.10 Å². The number of nitrogens with zero attached hydrogens (tertiary/aromatic N) is 2. The van der Waals surface area contributed by atoms with Crippen LogP contribution in [0.15, 0.2) is 28.7 Å². The van der Waals surface area contributed by atoms with Gasteiger partial charge in [0, 0.05) is 12.8 Å². The van der Waals surface area contributed by atoms with Crippen LogP contribution in [0.1, 0.15) is 24.4 Å². The first-order chi connectivity index (χ1) is 9.20. The maximum atomic E-state index is 5.68. The highest BCUT2D eigenvalue weighted by Gasteiger charge is 2.11. The predicted octanol–water partition coefficient (Wildman–Crippen LogP) is 2.02. The molecule has 3 N–H and O–H groups in total. The second kappa shape index (κ2) is 6.31. The average molecular weight is 262 g/mol. The molecule has 1 aromatic carbocycles. The van der Waals surface area contributed by atoms with Gasteiger partial charge in [-0.3, -0.25) is 0 Å². The van der Waals surface area contributed by atoms with E-state index in [1.165, 1.54) is 0 Å². The maximum Gasteiger partial charge on any atom is 0.320 e. The van der Waals surface area contributed by atoms with Crippen LogP contribution < -0.4 is 11.1 Å². The van der Waals surface area contributed by atoms with Gasteiger partial charge in [0.2, 0.25) is 5.89 Å². The Morgan fingerprint density at radius 2 is 2.16 bits per heavy atom. The standard InChI is InChI=1S/C13H18N4O2/c1-9(14)12-16-17-13(19-12)15-11-6-4-3-5-10(11)7-8-18-2/h3-6,9H,7-8,14H2,1-2H3,(H,15,17). The van der Waals surface area contributed by atoms with Crippen LogP contribution in [0.5, 0.6) is 0 Å². The number of nitrogens with two attached hydrogens (primary N) is 1. The van der Waals surface area contributed by atoms with Crippen molar-refractivity contribution in [3.8, 4) is 0 Å². The van der Waals surface area contributed by atoms with Gasteiger partial charge >= 0.3 is 6.01 Å². The summed E-state index contributed by atoms with van der Waals surface area (Å²) in [6.45, 7) is 2.46. The molecule has 19 heavy (non-hydrogen) atoms. The van der Waals surface area contributed by atoms with Gasteiger partial charge in [0.1, 0.15) is 0 Å². The van der Waals surface area contributed by atoms with E-state index in [1.54, 1.807) is 14.0 Å². The lowest BCUT2D eigenvalue weighted by Crippen LogP contribution is -2.04. The molecule has 0 fully saturated rings. The summed E-state index contributed by atoms with van der Waals surface area (Å²) in [4.78, 5) is 0. The van der Waals surface area contributed by atoms with Gasteiger partial charge in [-0.25, -0.2) is 0 Å². The number of ether oxygens (including phenoxy) is 1. The lowest BCUT2D eigenvalue weighted by molar-refractivity contribution is 0.202. The van der Waals surface area contributed by atoms with Crippen LogP contribution in [0, 0.1) is 0 Å². The summed E-state index contributed by atoms with van der Waals surface area (Å²) >= 11 is 0. The SMILES string of the molecule is COCCc1ccccc1Nc1nnc(C(C)N)o1. The van der Waals surface area contributed by atoms with Crippen molar-refractivity contribution in [2.75, 3.05) is 19.0 Å². The highest BCUT2D eigenvalue weighted by Crippen LogP contribution is 2.21. The Kier molecular flexibility index (Phi) is 4.48. The van der Waals surface area contributed by atoms with Gasteiger partial charge in [0.05, 0.1) is 12.6 Å². The number of aromatic nitrogens is 2. The fourth-order valence-electron chi connectivity index (χ4n) is 1.66. The summed E-state index contributed by atoms with van der Waals surface area (Å²) in [6, 6.07) is 7.99. The number of para-hydroxylation sites is 1. The molecule has 1 heterocycles. The number of hydrogen-bond acceptors (Lipinski definition) is 6. The minimum Gasteiger partial charge on any atom is -0.406 e. The van der Waals surface area contributed by atoms with Crippen molar-refractivity contribution in [3.63, 3.8) is 0 Å². The fraction of sp³-hybridized carbons (Fsp3) is 0.385. The molecule has 1 aromatic heterocycles. The lowest BCUT2D eigenvalue weighted by Gasteiger charge is -2.08. The van der Waals surface area contributed by atoms with Crippen molar-refractivity contribution >= 4 is 11.7 Å². The highest BCUT2D eigenvalue weighted by molar-refractivity contribution is 5.57. The molecule has 102 valence electrons. The van der Waals surface area contributed by atoms with Crippen LogP contribution >= 0.6 is 0 Å². The molecule has 0 saturated carbocycles. The zero-order chi connectivity index (χ0) is 13.7. The normalized spacial score (nSPS) is 12.4. The minimum atomic E-state index is -0.271. The molecule has 0 bridgehead atoms. The summed E-state index contributed by atoms with van der Waals surface area (Å²) in [5, 5.41) is 10.9. The average Bonchev–Trinajstić information content (AvgIpc) is 2.86. The molecule has 0 aliphatic rings. The van der Waals surface area contributed by atoms with Gasteiger partial charge < -0.3 is 20.2 Å². The zero-order valence-electron chi connectivity index (χ0n) is 11.1. The number of rotatable bonds is 6. The largest absolute Gasteiger partial charge is 0.406 e. The van der Waals surface area contributed by atoms with E-state index in [2.05, 4.69) is 15.5 Å². The number of anilines is 2. The Labute approximate surface area is 112 Å². The molecule has 2 rings (SSSR count). The topological polar surface area (TPSA) is 86.2 Å². The van der Waals surface area contributed by atoms with E-state index in [-0.39, 0.29) is 6.04 Å². The molecule has 0 amide bonds. The van der Waals surface area contributed by atoms with Crippen LogP contribution in [0.25, 0.3) is 0 Å². The summed E-state index contributed by atoms with van der Waals surface area (Å²) in [6.07, 6.45) is 0.813. The van der Waals surface area contributed by atoms with Gasteiger partial charge in [-0.05, 0) is 25.0 Å². The van der Waals surface area contributed by atoms with Crippen LogP contribution in [0.4, 0.5) is 11.7 Å². The molecule has 1 unspecified atom stereocenters. The molecule has 6 heteroatoms. The van der Waals surface area contributed by atoms with Crippen molar-refractivity contribution < 1.29 is 9.15 Å². The summed E-state index contributed by atoms with van der Waals surface area (Å²) in [5.74, 6) is 0.414. The maximum absolute atomic E-state index is 5.68. The molecule has 0 aliphatic heterocycles. The van der Waals surface area contributed by atoms with Gasteiger partial charge in [-0.2, -0.15) is 0 Å². The summed E-state index contributed by atoms with van der Waals surface area (Å²) in [5.41, 5.74) is 7.74. The van der Waals surface area contributed by atoms with E-state index in [0.29, 0.717) is 18.5 Å². The Morgan fingerprint density at radius 1 is 1.37 bits per heavy atom. The second-order valence-electron chi connectivity index (χ2n) is 4.26. The first kappa shape index (κ1) is 13.5. The second-order valence-corrected chi connectivity index (χ2v) is 4.26. The highest BCUT2D eigenvalue weighted by atomic mass is 16.5. The number of methoxy groups -OCH3 is 1. The molecule has 0 saturated heterocycles. The van der Waals surface area contributed by atoms with Crippen LogP contribution in [-0.2, 0) is 11.2 Å². The number of hydrogen-bond donors (Lipinski definition) is 2. The van der Waals surface area contributed by atoms with Crippen LogP contribution in [0.2, 0.25) is 0 Å². The fourth-order valence-corrected chi connectivity index (χ4v) is 1.66. The Balaban J connectivity index is 2.13. The molecule has 2 aromatic rings. The number of benzene rings is 1. The van der Waals surface area contributed by atoms with E-state index < -0.39 is 0 Å². The van der Waals surface area contributed by atoms with E-state index in [4.69, 9.17) is 14.9 Å². The summed E-state index contributed by atoms with van der Waals surface area (Å²) < 4.78 is 10.5. The molecular weight excluding hydrogens is 244 g/mol. The predicted molar refractivity (Wildman–Crippen MR) is 72.2 cm³/mol. The van der Waals surface area contributed by atoms with Crippen molar-refractivity contribution in [2.24, 2.45) is 5.73 Å². The Morgan fingerprint density at radius 3 is 2.84 bits per heavy atom. The van der Waals surface area contributed by atoms with Gasteiger partial charge in [-0.1, -0.05) is 23.3 Å². The van der Waals surface area contributed by atoms with Crippen molar-refractivity contribution in [1.29, 1.82) is 0 Å². The minimum absolute atomic E-state index is 0.271. The molecule has 1 atom stereocenters. The van der Waals surface area contributed by atoms with Crippen molar-refractivity contribution in [2.45, 2.75) is 19.4 Å².